The van der Waals surface area contributed by atoms with Gasteiger partial charge in [0, 0.05) is 16.6 Å². The third-order valence-corrected chi connectivity index (χ3v) is 3.18. The van der Waals surface area contributed by atoms with E-state index in [-0.39, 0.29) is 5.95 Å². The van der Waals surface area contributed by atoms with Crippen molar-refractivity contribution >= 4 is 34.7 Å². The van der Waals surface area contributed by atoms with E-state index >= 15 is 0 Å². The first-order valence-electron chi connectivity index (χ1n) is 4.73. The third-order valence-electron chi connectivity index (χ3n) is 1.94. The summed E-state index contributed by atoms with van der Waals surface area (Å²) >= 11 is 7.38. The molecule has 0 unspecified atom stereocenters. The van der Waals surface area contributed by atoms with Crippen LogP contribution in [0.3, 0.4) is 0 Å². The van der Waals surface area contributed by atoms with Crippen LogP contribution in [0.2, 0.25) is 4.34 Å². The lowest BCUT2D eigenvalue weighted by Crippen LogP contribution is -2.04. The lowest BCUT2D eigenvalue weighted by molar-refractivity contribution is 1.08. The van der Waals surface area contributed by atoms with Gasteiger partial charge in [0.05, 0.1) is 10.9 Å². The third kappa shape index (κ3) is 2.84. The van der Waals surface area contributed by atoms with E-state index in [1.807, 2.05) is 25.1 Å². The zero-order valence-corrected chi connectivity index (χ0v) is 10.3. The van der Waals surface area contributed by atoms with E-state index in [4.69, 9.17) is 17.3 Å². The number of anilines is 2. The van der Waals surface area contributed by atoms with Crippen LogP contribution >= 0.6 is 22.9 Å². The van der Waals surface area contributed by atoms with Gasteiger partial charge in [-0.3, -0.25) is 0 Å². The number of aromatic nitrogens is 2. The molecule has 84 valence electrons. The molecule has 6 heteroatoms. The Labute approximate surface area is 102 Å². The van der Waals surface area contributed by atoms with E-state index in [0.717, 1.165) is 20.7 Å². The van der Waals surface area contributed by atoms with E-state index in [9.17, 15) is 0 Å². The molecule has 0 bridgehead atoms. The summed E-state index contributed by atoms with van der Waals surface area (Å²) in [5.41, 5.74) is 6.40. The number of nitrogens with zero attached hydrogens (tertiary/aromatic N) is 2. The van der Waals surface area contributed by atoms with Crippen LogP contribution in [0.5, 0.6) is 0 Å². The van der Waals surface area contributed by atoms with Gasteiger partial charge in [-0.05, 0) is 19.1 Å². The van der Waals surface area contributed by atoms with Crippen molar-refractivity contribution in [3.63, 3.8) is 0 Å². The summed E-state index contributed by atoms with van der Waals surface area (Å²) in [5, 5.41) is 3.18. The molecule has 2 aromatic heterocycles. The summed E-state index contributed by atoms with van der Waals surface area (Å²) in [6.07, 6.45) is 0. The Kier molecular flexibility index (Phi) is 3.26. The number of hydrogen-bond donors (Lipinski definition) is 2. The van der Waals surface area contributed by atoms with Crippen LogP contribution in [0.15, 0.2) is 18.2 Å². The van der Waals surface area contributed by atoms with Crippen molar-refractivity contribution in [2.45, 2.75) is 13.5 Å². The van der Waals surface area contributed by atoms with Crippen LogP contribution in [0.4, 0.5) is 11.8 Å². The second-order valence-electron chi connectivity index (χ2n) is 3.31. The first-order valence-corrected chi connectivity index (χ1v) is 5.92. The maximum Gasteiger partial charge on any atom is 0.222 e. The number of hydrogen-bond acceptors (Lipinski definition) is 5. The minimum absolute atomic E-state index is 0.284. The molecule has 0 radical (unpaired) electrons. The van der Waals surface area contributed by atoms with E-state index in [0.29, 0.717) is 6.54 Å². The van der Waals surface area contributed by atoms with Crippen molar-refractivity contribution in [2.24, 2.45) is 0 Å². The topological polar surface area (TPSA) is 63.8 Å². The zero-order chi connectivity index (χ0) is 11.5. The molecule has 0 fully saturated rings. The maximum absolute atomic E-state index is 5.84. The molecule has 0 atom stereocenters. The minimum Gasteiger partial charge on any atom is -0.368 e. The molecule has 0 saturated heterocycles. The van der Waals surface area contributed by atoms with Crippen LogP contribution < -0.4 is 11.1 Å². The highest BCUT2D eigenvalue weighted by Crippen LogP contribution is 2.22. The second kappa shape index (κ2) is 4.67. The summed E-state index contributed by atoms with van der Waals surface area (Å²) in [6.45, 7) is 2.57. The quantitative estimate of drug-likeness (QED) is 0.884. The highest BCUT2D eigenvalue weighted by Gasteiger charge is 2.01. The predicted molar refractivity (Wildman–Crippen MR) is 67.8 cm³/mol. The summed E-state index contributed by atoms with van der Waals surface area (Å²) in [6, 6.07) is 5.71. The number of nitrogens with one attached hydrogen (secondary N) is 1. The first kappa shape index (κ1) is 11.2. The predicted octanol–water partition coefficient (Wildman–Crippen LogP) is 2.69. The van der Waals surface area contributed by atoms with E-state index in [1.54, 1.807) is 11.3 Å². The molecule has 0 aliphatic carbocycles. The zero-order valence-electron chi connectivity index (χ0n) is 8.70. The molecule has 4 nitrogen and oxygen atoms in total. The maximum atomic E-state index is 5.84. The average Bonchev–Trinajstić information content (AvgIpc) is 2.60. The molecule has 3 N–H and O–H groups in total. The molecule has 2 rings (SSSR count). The lowest BCUT2D eigenvalue weighted by atomic mass is 10.4. The van der Waals surface area contributed by atoms with Crippen molar-refractivity contribution in [2.75, 3.05) is 11.1 Å². The number of nitrogens with two attached hydrogens (primary N) is 1. The second-order valence-corrected chi connectivity index (χ2v) is 5.11. The summed E-state index contributed by atoms with van der Waals surface area (Å²) in [7, 11) is 0. The molecule has 16 heavy (non-hydrogen) atoms. The van der Waals surface area contributed by atoms with Gasteiger partial charge in [-0.1, -0.05) is 11.6 Å². The van der Waals surface area contributed by atoms with Gasteiger partial charge in [0.2, 0.25) is 5.95 Å². The SMILES string of the molecule is Cc1cc(NCc2ccc(Cl)s2)nc(N)n1. The largest absolute Gasteiger partial charge is 0.368 e. The van der Waals surface area contributed by atoms with E-state index in [2.05, 4.69) is 15.3 Å². The Morgan fingerprint density at radius 1 is 1.44 bits per heavy atom. The van der Waals surface area contributed by atoms with Crippen molar-refractivity contribution in [3.8, 4) is 0 Å². The Hall–Kier alpha value is -1.33. The van der Waals surface area contributed by atoms with Gasteiger partial charge < -0.3 is 11.1 Å². The molecule has 0 aliphatic heterocycles. The van der Waals surface area contributed by atoms with Gasteiger partial charge in [-0.25, -0.2) is 4.98 Å². The van der Waals surface area contributed by atoms with Crippen LogP contribution in [-0.2, 0) is 6.54 Å². The normalized spacial score (nSPS) is 10.4. The number of thiophene rings is 1. The highest BCUT2D eigenvalue weighted by molar-refractivity contribution is 7.16. The van der Waals surface area contributed by atoms with Crippen LogP contribution in [0.25, 0.3) is 0 Å². The molecule has 0 saturated carbocycles. The van der Waals surface area contributed by atoms with Gasteiger partial charge in [0.15, 0.2) is 0 Å². The van der Waals surface area contributed by atoms with Gasteiger partial charge >= 0.3 is 0 Å². The van der Waals surface area contributed by atoms with Crippen molar-refractivity contribution in [1.82, 2.24) is 9.97 Å². The number of aryl methyl sites for hydroxylation is 1. The van der Waals surface area contributed by atoms with Gasteiger partial charge in [-0.15, -0.1) is 11.3 Å². The van der Waals surface area contributed by atoms with Crippen LogP contribution in [-0.4, -0.2) is 9.97 Å². The molecule has 0 spiro atoms. The monoisotopic (exact) mass is 254 g/mol. The Morgan fingerprint density at radius 3 is 2.88 bits per heavy atom. The molecule has 0 amide bonds. The molecule has 0 aliphatic rings. The standard InChI is InChI=1S/C10H11ClN4S/c1-6-4-9(15-10(12)14-6)13-5-7-2-3-8(11)16-7/h2-4H,5H2,1H3,(H3,12,13,14,15). The Balaban J connectivity index is 2.04. The number of halogens is 1. The Morgan fingerprint density at radius 2 is 2.25 bits per heavy atom. The van der Waals surface area contributed by atoms with Crippen LogP contribution in [0, 0.1) is 6.92 Å². The van der Waals surface area contributed by atoms with Gasteiger partial charge in [0.25, 0.3) is 0 Å². The highest BCUT2D eigenvalue weighted by atomic mass is 35.5. The fourth-order valence-corrected chi connectivity index (χ4v) is 2.33. The molecule has 2 heterocycles. The summed E-state index contributed by atoms with van der Waals surface area (Å²) in [4.78, 5) is 9.24. The van der Waals surface area contributed by atoms with E-state index < -0.39 is 0 Å². The summed E-state index contributed by atoms with van der Waals surface area (Å²) < 4.78 is 0.787. The van der Waals surface area contributed by atoms with Crippen molar-refractivity contribution in [3.05, 3.63) is 33.1 Å². The van der Waals surface area contributed by atoms with Crippen molar-refractivity contribution < 1.29 is 0 Å². The fraction of sp³-hybridized carbons (Fsp3) is 0.200. The molecule has 0 aromatic carbocycles. The lowest BCUT2D eigenvalue weighted by Gasteiger charge is -2.05. The minimum atomic E-state index is 0.284. The molecular formula is C10H11ClN4S. The first-order chi connectivity index (χ1) is 7.63. The Bertz CT molecular complexity index is 477. The van der Waals surface area contributed by atoms with E-state index in [1.165, 1.54) is 0 Å². The number of rotatable bonds is 3. The molecule has 2 aromatic rings. The molecular weight excluding hydrogens is 244 g/mol. The average molecular weight is 255 g/mol. The number of nitrogen functional groups attached to an aromatic ring is 1. The van der Waals surface area contributed by atoms with Gasteiger partial charge in [-0.2, -0.15) is 4.98 Å². The summed E-state index contributed by atoms with van der Waals surface area (Å²) in [5.74, 6) is 1.02. The van der Waals surface area contributed by atoms with Crippen LogP contribution in [0.1, 0.15) is 10.6 Å². The fourth-order valence-electron chi connectivity index (χ4n) is 1.31. The van der Waals surface area contributed by atoms with Gasteiger partial charge in [0.1, 0.15) is 5.82 Å². The van der Waals surface area contributed by atoms with Crippen molar-refractivity contribution in [1.29, 1.82) is 0 Å². The smallest absolute Gasteiger partial charge is 0.222 e.